The van der Waals surface area contributed by atoms with Crippen LogP contribution in [-0.2, 0) is 11.3 Å². The number of nitrogens with one attached hydrogen (secondary N) is 1. The van der Waals surface area contributed by atoms with Gasteiger partial charge in [0.1, 0.15) is 30.5 Å². The van der Waals surface area contributed by atoms with Gasteiger partial charge in [-0.3, -0.25) is 19.2 Å². The lowest BCUT2D eigenvalue weighted by molar-refractivity contribution is 0.0322. The van der Waals surface area contributed by atoms with Crippen LogP contribution in [-0.4, -0.2) is 60.5 Å². The number of hydrogen-bond donors (Lipinski definition) is 1. The summed E-state index contributed by atoms with van der Waals surface area (Å²) in [6, 6.07) is 12.3. The Hall–Kier alpha value is -4.40. The third-order valence-electron chi connectivity index (χ3n) is 5.65. The summed E-state index contributed by atoms with van der Waals surface area (Å²) in [4.78, 5) is 27.7. The zero-order valence-electron chi connectivity index (χ0n) is 20.6. The van der Waals surface area contributed by atoms with Gasteiger partial charge in [-0.2, -0.15) is 5.26 Å². The molecular formula is C27H27FN4O6. The summed E-state index contributed by atoms with van der Waals surface area (Å²) >= 11 is 0. The summed E-state index contributed by atoms with van der Waals surface area (Å²) in [5, 5.41) is 8.76. The molecule has 0 atom stereocenters. The molecular weight excluding hydrogens is 495 g/mol. The average molecular weight is 523 g/mol. The maximum atomic E-state index is 14.2. The van der Waals surface area contributed by atoms with Crippen LogP contribution in [0.3, 0.4) is 0 Å². The number of ether oxygens (including phenoxy) is 4. The molecule has 0 spiro atoms. The van der Waals surface area contributed by atoms with Crippen LogP contribution in [0.25, 0.3) is 6.08 Å². The SMILES string of the molecule is N#C/C=C/c1cc(F)cc(Oc2ccc(OCCN3CCOCC3)cc2OCCn2ccc(=O)[nH]c2=O)c1. The quantitative estimate of drug-likeness (QED) is 0.382. The molecule has 1 fully saturated rings. The number of morpholine rings is 1. The Kier molecular flexibility index (Phi) is 9.28. The molecule has 2 heterocycles. The van der Waals surface area contributed by atoms with Crippen molar-refractivity contribution in [3.05, 3.63) is 87.0 Å². The Bertz CT molecular complexity index is 1420. The Morgan fingerprint density at radius 1 is 1.00 bits per heavy atom. The van der Waals surface area contributed by atoms with Crippen LogP contribution in [0.5, 0.6) is 23.0 Å². The molecule has 0 bridgehead atoms. The van der Waals surface area contributed by atoms with E-state index in [1.54, 1.807) is 24.3 Å². The third-order valence-corrected chi connectivity index (χ3v) is 5.65. The largest absolute Gasteiger partial charge is 0.492 e. The standard InChI is InChI=1S/C27H27FN4O6/c28-21-16-20(2-1-6-29)17-23(18-21)38-24-4-3-22(36-14-10-31-8-12-35-13-9-31)19-25(24)37-15-11-32-7-5-26(33)30-27(32)34/h1-5,7,16-19H,8-15H2,(H,30,33,34)/b2-1+. The molecule has 2 aromatic carbocycles. The fraction of sp³-hybridized carbons (Fsp3) is 0.296. The van der Waals surface area contributed by atoms with Gasteiger partial charge in [-0.25, -0.2) is 9.18 Å². The first kappa shape index (κ1) is 26.7. The highest BCUT2D eigenvalue weighted by Crippen LogP contribution is 2.35. The van der Waals surface area contributed by atoms with Gasteiger partial charge in [-0.15, -0.1) is 0 Å². The lowest BCUT2D eigenvalue weighted by Crippen LogP contribution is -2.38. The number of rotatable bonds is 11. The van der Waals surface area contributed by atoms with Gasteiger partial charge in [0.15, 0.2) is 11.5 Å². The van der Waals surface area contributed by atoms with Crippen molar-refractivity contribution >= 4 is 6.08 Å². The van der Waals surface area contributed by atoms with Crippen LogP contribution >= 0.6 is 0 Å². The second-order valence-electron chi connectivity index (χ2n) is 8.35. The van der Waals surface area contributed by atoms with E-state index >= 15 is 0 Å². The molecule has 1 N–H and O–H groups in total. The summed E-state index contributed by atoms with van der Waals surface area (Å²) < 4.78 is 38.6. The number of hydrogen-bond acceptors (Lipinski definition) is 8. The Labute approximate surface area is 218 Å². The van der Waals surface area contributed by atoms with E-state index in [0.717, 1.165) is 19.6 Å². The van der Waals surface area contributed by atoms with Crippen molar-refractivity contribution in [1.82, 2.24) is 14.5 Å². The fourth-order valence-electron chi connectivity index (χ4n) is 3.77. The van der Waals surface area contributed by atoms with Crippen LogP contribution in [0, 0.1) is 17.1 Å². The molecule has 198 valence electrons. The van der Waals surface area contributed by atoms with Gasteiger partial charge in [-0.1, -0.05) is 0 Å². The summed E-state index contributed by atoms with van der Waals surface area (Å²) in [6.45, 7) is 4.58. The molecule has 1 saturated heterocycles. The first-order valence-electron chi connectivity index (χ1n) is 12.0. The van der Waals surface area contributed by atoms with Gasteiger partial charge in [0.25, 0.3) is 5.56 Å². The van der Waals surface area contributed by atoms with Crippen LogP contribution in [0.15, 0.2) is 64.3 Å². The van der Waals surface area contributed by atoms with Gasteiger partial charge in [0, 0.05) is 50.1 Å². The zero-order chi connectivity index (χ0) is 26.7. The highest BCUT2D eigenvalue weighted by Gasteiger charge is 2.13. The molecule has 4 rings (SSSR count). The molecule has 0 unspecified atom stereocenters. The molecule has 1 aliphatic rings. The van der Waals surface area contributed by atoms with Crippen molar-refractivity contribution in [2.24, 2.45) is 0 Å². The zero-order valence-corrected chi connectivity index (χ0v) is 20.6. The first-order valence-corrected chi connectivity index (χ1v) is 12.0. The minimum atomic E-state index is -0.546. The third kappa shape index (κ3) is 7.80. The molecule has 0 saturated carbocycles. The molecule has 10 nitrogen and oxygen atoms in total. The van der Waals surface area contributed by atoms with E-state index in [1.807, 2.05) is 6.07 Å². The van der Waals surface area contributed by atoms with Crippen molar-refractivity contribution < 1.29 is 23.3 Å². The summed E-state index contributed by atoms with van der Waals surface area (Å²) in [7, 11) is 0. The monoisotopic (exact) mass is 522 g/mol. The van der Waals surface area contributed by atoms with Crippen molar-refractivity contribution in [3.63, 3.8) is 0 Å². The molecule has 0 amide bonds. The van der Waals surface area contributed by atoms with Crippen molar-refractivity contribution in [2.75, 3.05) is 46.1 Å². The van der Waals surface area contributed by atoms with Crippen LogP contribution in [0.1, 0.15) is 5.56 Å². The molecule has 1 aliphatic heterocycles. The number of aromatic nitrogens is 2. The van der Waals surface area contributed by atoms with Gasteiger partial charge in [-0.05, 0) is 35.9 Å². The van der Waals surface area contributed by atoms with Gasteiger partial charge < -0.3 is 18.9 Å². The second kappa shape index (κ2) is 13.2. The van der Waals surface area contributed by atoms with Crippen molar-refractivity contribution in [3.8, 4) is 29.1 Å². The Morgan fingerprint density at radius 2 is 1.82 bits per heavy atom. The first-order chi connectivity index (χ1) is 18.5. The van der Waals surface area contributed by atoms with Crippen LogP contribution in [0.4, 0.5) is 4.39 Å². The number of nitriles is 1. The number of allylic oxidation sites excluding steroid dienone is 1. The van der Waals surface area contributed by atoms with E-state index < -0.39 is 17.1 Å². The highest BCUT2D eigenvalue weighted by molar-refractivity contribution is 5.55. The van der Waals surface area contributed by atoms with Crippen molar-refractivity contribution in [1.29, 1.82) is 5.26 Å². The van der Waals surface area contributed by atoms with E-state index in [4.69, 9.17) is 24.2 Å². The second-order valence-corrected chi connectivity index (χ2v) is 8.35. The lowest BCUT2D eigenvalue weighted by atomic mass is 10.2. The maximum Gasteiger partial charge on any atom is 0.328 e. The smallest absolute Gasteiger partial charge is 0.328 e. The normalized spacial score (nSPS) is 13.8. The highest BCUT2D eigenvalue weighted by atomic mass is 19.1. The van der Waals surface area contributed by atoms with E-state index in [1.165, 1.54) is 41.1 Å². The summed E-state index contributed by atoms with van der Waals surface area (Å²) in [6.07, 6.45) is 4.10. The molecule has 0 radical (unpaired) electrons. The average Bonchev–Trinajstić information content (AvgIpc) is 2.90. The van der Waals surface area contributed by atoms with E-state index in [-0.39, 0.29) is 18.9 Å². The van der Waals surface area contributed by atoms with Crippen LogP contribution in [0.2, 0.25) is 0 Å². The summed E-state index contributed by atoms with van der Waals surface area (Å²) in [5.74, 6) is 0.872. The number of benzene rings is 2. The lowest BCUT2D eigenvalue weighted by Gasteiger charge is -2.26. The van der Waals surface area contributed by atoms with E-state index in [9.17, 15) is 14.0 Å². The van der Waals surface area contributed by atoms with Gasteiger partial charge >= 0.3 is 5.69 Å². The maximum absolute atomic E-state index is 14.2. The molecule has 1 aromatic heterocycles. The topological polar surface area (TPSA) is 119 Å². The minimum Gasteiger partial charge on any atom is -0.492 e. The number of aromatic amines is 1. The van der Waals surface area contributed by atoms with Crippen LogP contribution < -0.4 is 25.5 Å². The number of halogens is 1. The molecule has 38 heavy (non-hydrogen) atoms. The molecule has 0 aliphatic carbocycles. The van der Waals surface area contributed by atoms with Crippen molar-refractivity contribution in [2.45, 2.75) is 6.54 Å². The van der Waals surface area contributed by atoms with E-state index in [2.05, 4.69) is 9.88 Å². The fourth-order valence-corrected chi connectivity index (χ4v) is 3.77. The molecule has 3 aromatic rings. The minimum absolute atomic E-state index is 0.0822. The number of H-pyrrole nitrogens is 1. The summed E-state index contributed by atoms with van der Waals surface area (Å²) in [5.41, 5.74) is -0.566. The predicted octanol–water partition coefficient (Wildman–Crippen LogP) is 2.79. The Morgan fingerprint density at radius 3 is 2.61 bits per heavy atom. The predicted molar refractivity (Wildman–Crippen MR) is 137 cm³/mol. The van der Waals surface area contributed by atoms with Gasteiger partial charge in [0.2, 0.25) is 0 Å². The van der Waals surface area contributed by atoms with Gasteiger partial charge in [0.05, 0.1) is 25.8 Å². The number of nitrogens with zero attached hydrogens (tertiary/aromatic N) is 3. The Balaban J connectivity index is 1.49. The van der Waals surface area contributed by atoms with E-state index in [0.29, 0.717) is 42.6 Å². The molecule has 11 heteroatoms.